The third-order valence-corrected chi connectivity index (χ3v) is 19.1. The van der Waals surface area contributed by atoms with E-state index < -0.39 is 0 Å². The van der Waals surface area contributed by atoms with E-state index >= 15 is 0 Å². The molecule has 0 heterocycles. The molecule has 0 spiro atoms. The number of rotatable bonds is 12. The van der Waals surface area contributed by atoms with E-state index in [0.717, 1.165) is 68.2 Å². The van der Waals surface area contributed by atoms with Crippen LogP contribution in [0.5, 0.6) is 0 Å². The SMILES string of the molecule is CC(C)(C)c1ccc(N(c2ccc(C(C)(C)C)cc2)c2cc(Cl)cc(N(c3ccc(C(C)(C)C)cc3)c3ccc(C(C)(C)C)cc3)c2)cc1.CC(C)(C)c1ccc(N(c2ccc(C(C)(C)C)cc2)c2cc(Cl)cc(N(c3ccc(C(C)(C)C)cc3)c3ccc(C(C)(C)C)cc3)c2)cc1. The molecule has 0 fully saturated rings. The van der Waals surface area contributed by atoms with Crippen LogP contribution < -0.4 is 19.6 Å². The maximum absolute atomic E-state index is 7.07. The van der Waals surface area contributed by atoms with E-state index in [1.807, 2.05) is 0 Å². The fourth-order valence-corrected chi connectivity index (χ4v) is 12.8. The Morgan fingerprint density at radius 2 is 0.255 bits per heavy atom. The van der Waals surface area contributed by atoms with Crippen LogP contribution in [-0.2, 0) is 43.3 Å². The zero-order chi connectivity index (χ0) is 71.9. The second kappa shape index (κ2) is 28.3. The smallest absolute Gasteiger partial charge is 0.0497 e. The summed E-state index contributed by atoms with van der Waals surface area (Å²) in [5, 5.41) is 1.36. The van der Waals surface area contributed by atoms with Crippen molar-refractivity contribution in [2.45, 2.75) is 209 Å². The maximum Gasteiger partial charge on any atom is 0.0497 e. The van der Waals surface area contributed by atoms with E-state index in [1.165, 1.54) is 44.5 Å². The fraction of sp³-hybridized carbons (Fsp3) is 0.348. The van der Waals surface area contributed by atoms with E-state index in [0.29, 0.717) is 10.0 Å². The van der Waals surface area contributed by atoms with Crippen LogP contribution in [0.4, 0.5) is 68.2 Å². The number of hydrogen-bond donors (Lipinski definition) is 0. The van der Waals surface area contributed by atoms with Gasteiger partial charge in [-0.3, -0.25) is 0 Å². The summed E-state index contributed by atoms with van der Waals surface area (Å²) in [5.74, 6) is 0. The van der Waals surface area contributed by atoms with Crippen LogP contribution >= 0.6 is 23.2 Å². The molecule has 98 heavy (non-hydrogen) atoms. The third kappa shape index (κ3) is 18.1. The Morgan fingerprint density at radius 3 is 0.347 bits per heavy atom. The summed E-state index contributed by atoms with van der Waals surface area (Å²) in [6.45, 7) is 54.1. The molecule has 0 atom stereocenters. The minimum atomic E-state index is 0.0620. The van der Waals surface area contributed by atoms with Gasteiger partial charge in [0, 0.05) is 78.3 Å². The number of halogens is 2. The van der Waals surface area contributed by atoms with Crippen molar-refractivity contribution in [2.24, 2.45) is 0 Å². The molecule has 0 aromatic heterocycles. The van der Waals surface area contributed by atoms with Gasteiger partial charge in [-0.1, -0.05) is 286 Å². The second-order valence-electron chi connectivity index (χ2n) is 35.1. The van der Waals surface area contributed by atoms with Crippen molar-refractivity contribution in [3.05, 3.63) is 285 Å². The van der Waals surface area contributed by atoms with Gasteiger partial charge in [0.25, 0.3) is 0 Å². The highest BCUT2D eigenvalue weighted by Gasteiger charge is 2.27. The summed E-state index contributed by atoms with van der Waals surface area (Å²) in [5.41, 5.74) is 23.6. The highest BCUT2D eigenvalue weighted by atomic mass is 35.5. The molecule has 0 aliphatic carbocycles. The summed E-state index contributed by atoms with van der Waals surface area (Å²) < 4.78 is 0. The Bertz CT molecular complexity index is 3490. The van der Waals surface area contributed by atoms with Gasteiger partial charge in [-0.2, -0.15) is 0 Å². The summed E-state index contributed by atoms with van der Waals surface area (Å²) >= 11 is 14.1. The van der Waals surface area contributed by atoms with Gasteiger partial charge in [-0.15, -0.1) is 0 Å². The van der Waals surface area contributed by atoms with Crippen molar-refractivity contribution in [1.82, 2.24) is 0 Å². The predicted molar refractivity (Wildman–Crippen MR) is 431 cm³/mol. The van der Waals surface area contributed by atoms with Crippen LogP contribution in [0.15, 0.2) is 231 Å². The molecule has 0 N–H and O–H groups in total. The molecule has 0 saturated heterocycles. The molecule has 0 aliphatic heterocycles. The summed E-state index contributed by atoms with van der Waals surface area (Å²) in [4.78, 5) is 9.27. The highest BCUT2D eigenvalue weighted by molar-refractivity contribution is 6.31. The Labute approximate surface area is 601 Å². The molecular formula is C92H110Cl2N4. The van der Waals surface area contributed by atoms with Crippen molar-refractivity contribution in [2.75, 3.05) is 19.6 Å². The molecule has 0 bridgehead atoms. The number of anilines is 12. The van der Waals surface area contributed by atoms with Crippen LogP contribution in [0.2, 0.25) is 10.0 Å². The zero-order valence-corrected chi connectivity index (χ0v) is 65.0. The summed E-state index contributed by atoms with van der Waals surface area (Å²) in [7, 11) is 0. The van der Waals surface area contributed by atoms with Crippen LogP contribution in [-0.4, -0.2) is 0 Å². The normalized spacial score (nSPS) is 12.6. The van der Waals surface area contributed by atoms with Crippen molar-refractivity contribution in [3.8, 4) is 0 Å². The first kappa shape index (κ1) is 74.2. The molecule has 0 radical (unpaired) electrons. The molecule has 10 aromatic carbocycles. The van der Waals surface area contributed by atoms with Gasteiger partial charge >= 0.3 is 0 Å². The molecule has 0 aliphatic rings. The van der Waals surface area contributed by atoms with Crippen molar-refractivity contribution in [1.29, 1.82) is 0 Å². The number of benzene rings is 10. The monoisotopic (exact) mass is 1340 g/mol. The lowest BCUT2D eigenvalue weighted by atomic mass is 9.86. The third-order valence-electron chi connectivity index (χ3n) is 18.7. The lowest BCUT2D eigenvalue weighted by Gasteiger charge is -2.31. The van der Waals surface area contributed by atoms with Gasteiger partial charge in [0.15, 0.2) is 0 Å². The standard InChI is InChI=1S/2C46H55ClN2/c2*1-43(2,3)32-13-21-37(22-14-32)48(38-23-15-33(16-24-38)44(4,5)6)41-29-36(47)30-42(31-41)49(39-25-17-34(18-26-39)45(7,8)9)40-27-19-35(20-28-40)46(10,11)12/h2*13-31H,1-12H3. The molecule has 0 saturated carbocycles. The minimum absolute atomic E-state index is 0.0620. The van der Waals surface area contributed by atoms with Gasteiger partial charge in [-0.25, -0.2) is 0 Å². The molecule has 512 valence electrons. The van der Waals surface area contributed by atoms with Crippen LogP contribution in [0.1, 0.15) is 211 Å². The minimum Gasteiger partial charge on any atom is -0.310 e. The van der Waals surface area contributed by atoms with Crippen molar-refractivity contribution >= 4 is 91.5 Å². The lowest BCUT2D eigenvalue weighted by Crippen LogP contribution is -2.16. The first-order chi connectivity index (χ1) is 45.4. The molecule has 10 aromatic rings. The zero-order valence-electron chi connectivity index (χ0n) is 63.5. The van der Waals surface area contributed by atoms with Crippen LogP contribution in [0, 0.1) is 0 Å². The van der Waals surface area contributed by atoms with Gasteiger partial charge in [0.2, 0.25) is 0 Å². The first-order valence-corrected chi connectivity index (χ1v) is 35.9. The van der Waals surface area contributed by atoms with E-state index in [-0.39, 0.29) is 43.3 Å². The quantitative estimate of drug-likeness (QED) is 0.121. The first-order valence-electron chi connectivity index (χ1n) is 35.1. The van der Waals surface area contributed by atoms with Gasteiger partial charge in [-0.05, 0) is 221 Å². The van der Waals surface area contributed by atoms with E-state index in [9.17, 15) is 0 Å². The molecule has 4 nitrogen and oxygen atoms in total. The predicted octanol–water partition coefficient (Wildman–Crippen LogP) is 28.9. The van der Waals surface area contributed by atoms with Crippen molar-refractivity contribution in [3.63, 3.8) is 0 Å². The maximum atomic E-state index is 7.07. The van der Waals surface area contributed by atoms with E-state index in [4.69, 9.17) is 23.2 Å². The molecule has 10 rings (SSSR count). The second-order valence-corrected chi connectivity index (χ2v) is 35.9. The van der Waals surface area contributed by atoms with E-state index in [2.05, 4.69) is 416 Å². The summed E-state index contributed by atoms with van der Waals surface area (Å²) in [6.07, 6.45) is 0. The fourth-order valence-electron chi connectivity index (χ4n) is 12.3. The Hall–Kier alpha value is -8.02. The molecular weight excluding hydrogens is 1230 g/mol. The average molecular weight is 1340 g/mol. The van der Waals surface area contributed by atoms with Gasteiger partial charge < -0.3 is 19.6 Å². The largest absolute Gasteiger partial charge is 0.310 e. The lowest BCUT2D eigenvalue weighted by molar-refractivity contribution is 0.590. The molecule has 6 heteroatoms. The van der Waals surface area contributed by atoms with Crippen LogP contribution in [0.3, 0.4) is 0 Å². The Kier molecular flexibility index (Phi) is 21.4. The number of nitrogens with zero attached hydrogens (tertiary/aromatic N) is 4. The van der Waals surface area contributed by atoms with Crippen molar-refractivity contribution < 1.29 is 0 Å². The Balaban J connectivity index is 0.000000229. The molecule has 0 unspecified atom stereocenters. The van der Waals surface area contributed by atoms with Gasteiger partial charge in [0.1, 0.15) is 0 Å². The Morgan fingerprint density at radius 1 is 0.153 bits per heavy atom. The van der Waals surface area contributed by atoms with Crippen LogP contribution in [0.25, 0.3) is 0 Å². The molecule has 0 amide bonds. The van der Waals surface area contributed by atoms with Gasteiger partial charge in [0.05, 0.1) is 0 Å². The highest BCUT2D eigenvalue weighted by Crippen LogP contribution is 2.47. The average Bonchev–Trinajstić information content (AvgIpc) is 0.778. The topological polar surface area (TPSA) is 13.0 Å². The summed E-state index contributed by atoms with van der Waals surface area (Å²) in [6, 6.07) is 84.4. The van der Waals surface area contributed by atoms with E-state index in [1.54, 1.807) is 0 Å². The number of hydrogen-bond acceptors (Lipinski definition) is 4.